The summed E-state index contributed by atoms with van der Waals surface area (Å²) in [6.07, 6.45) is 9.83. The van der Waals surface area contributed by atoms with Gasteiger partial charge in [-0.25, -0.2) is 4.98 Å². The van der Waals surface area contributed by atoms with Crippen molar-refractivity contribution in [3.8, 4) is 0 Å². The highest BCUT2D eigenvalue weighted by molar-refractivity contribution is 6.31. The summed E-state index contributed by atoms with van der Waals surface area (Å²) in [5.74, 6) is 1.14. The van der Waals surface area contributed by atoms with E-state index in [1.54, 1.807) is 10.9 Å². The van der Waals surface area contributed by atoms with Crippen molar-refractivity contribution in [2.45, 2.75) is 58.7 Å². The molecule has 1 unspecified atom stereocenters. The van der Waals surface area contributed by atoms with Crippen LogP contribution < -0.4 is 0 Å². The Morgan fingerprint density at radius 3 is 2.88 bits per heavy atom. The number of halogens is 1. The molecule has 0 bridgehead atoms. The second-order valence-electron chi connectivity index (χ2n) is 6.45. The number of carbonyl (C=O) groups excluding carboxylic acids is 1. The highest BCUT2D eigenvalue weighted by atomic mass is 35.5. The van der Waals surface area contributed by atoms with Crippen LogP contribution in [0.2, 0.25) is 5.02 Å². The second-order valence-corrected chi connectivity index (χ2v) is 6.86. The first-order valence-electron chi connectivity index (χ1n) is 8.51. The third-order valence-electron chi connectivity index (χ3n) is 4.76. The molecule has 130 valence electrons. The van der Waals surface area contributed by atoms with Crippen molar-refractivity contribution in [3.63, 3.8) is 0 Å². The molecule has 1 atom stereocenters. The van der Waals surface area contributed by atoms with E-state index in [0.717, 1.165) is 43.9 Å². The number of likely N-dealkylation sites (tertiary alicyclic amines) is 1. The third-order valence-corrected chi connectivity index (χ3v) is 5.13. The molecule has 6 nitrogen and oxygen atoms in total. The lowest BCUT2D eigenvalue weighted by Crippen LogP contribution is -2.45. The van der Waals surface area contributed by atoms with E-state index in [4.69, 9.17) is 11.6 Å². The molecule has 1 fully saturated rings. The Balaban J connectivity index is 1.62. The molecule has 24 heavy (non-hydrogen) atoms. The minimum Gasteiger partial charge on any atom is -0.338 e. The Kier molecular flexibility index (Phi) is 5.23. The summed E-state index contributed by atoms with van der Waals surface area (Å²) in [5, 5.41) is 4.90. The van der Waals surface area contributed by atoms with Crippen molar-refractivity contribution in [2.75, 3.05) is 6.54 Å². The summed E-state index contributed by atoms with van der Waals surface area (Å²) in [7, 11) is 0. The van der Waals surface area contributed by atoms with Crippen LogP contribution in [0.25, 0.3) is 0 Å². The van der Waals surface area contributed by atoms with Crippen molar-refractivity contribution in [3.05, 3.63) is 35.1 Å². The highest BCUT2D eigenvalue weighted by Crippen LogP contribution is 2.21. The van der Waals surface area contributed by atoms with Crippen LogP contribution in [0.4, 0.5) is 0 Å². The lowest BCUT2D eigenvalue weighted by Gasteiger charge is -2.36. The van der Waals surface area contributed by atoms with E-state index >= 15 is 0 Å². The number of carbonyl (C=O) groups is 1. The van der Waals surface area contributed by atoms with Gasteiger partial charge in [0.1, 0.15) is 12.4 Å². The van der Waals surface area contributed by atoms with E-state index in [1.165, 1.54) is 6.42 Å². The Hall–Kier alpha value is -1.82. The van der Waals surface area contributed by atoms with Crippen LogP contribution in [-0.4, -0.2) is 42.7 Å². The maximum absolute atomic E-state index is 12.7. The van der Waals surface area contributed by atoms with Gasteiger partial charge in [0.25, 0.3) is 0 Å². The molecule has 1 aliphatic rings. The smallest absolute Gasteiger partial charge is 0.244 e. The minimum absolute atomic E-state index is 0.126. The van der Waals surface area contributed by atoms with Crippen molar-refractivity contribution in [1.82, 2.24) is 24.2 Å². The van der Waals surface area contributed by atoms with Gasteiger partial charge in [0.15, 0.2) is 0 Å². The number of hydrogen-bond donors (Lipinski definition) is 0. The van der Waals surface area contributed by atoms with E-state index in [2.05, 4.69) is 14.6 Å². The molecule has 0 aromatic carbocycles. The summed E-state index contributed by atoms with van der Waals surface area (Å²) in [6, 6.07) is 0.292. The van der Waals surface area contributed by atoms with Gasteiger partial charge >= 0.3 is 0 Å². The zero-order valence-electron chi connectivity index (χ0n) is 14.3. The van der Waals surface area contributed by atoms with E-state index in [-0.39, 0.29) is 12.5 Å². The van der Waals surface area contributed by atoms with Gasteiger partial charge in [-0.15, -0.1) is 0 Å². The van der Waals surface area contributed by atoms with Gasteiger partial charge in [-0.1, -0.05) is 11.6 Å². The van der Waals surface area contributed by atoms with E-state index in [1.807, 2.05) is 31.1 Å². The maximum Gasteiger partial charge on any atom is 0.244 e. The number of imidazole rings is 1. The SMILES string of the molecule is Cc1nn(CC(=O)N2CCCCC2CCn2ccnc2C)cc1Cl. The molecule has 2 aromatic rings. The minimum atomic E-state index is 0.126. The molecule has 0 spiro atoms. The molecule has 7 heteroatoms. The summed E-state index contributed by atoms with van der Waals surface area (Å²) < 4.78 is 3.79. The van der Waals surface area contributed by atoms with Gasteiger partial charge in [-0.2, -0.15) is 5.10 Å². The molecule has 3 rings (SSSR count). The first-order chi connectivity index (χ1) is 11.5. The normalized spacial score (nSPS) is 18.1. The Bertz CT molecular complexity index is 688. The Morgan fingerprint density at radius 1 is 1.38 bits per heavy atom. The molecule has 1 saturated heterocycles. The van der Waals surface area contributed by atoms with Crippen LogP contribution in [0, 0.1) is 13.8 Å². The van der Waals surface area contributed by atoms with E-state index in [9.17, 15) is 4.79 Å². The standard InChI is InChI=1S/C17H24ClN5O/c1-13-16(18)11-22(20-13)12-17(24)23-8-4-3-5-15(23)6-9-21-10-7-19-14(21)2/h7,10-11,15H,3-6,8-9,12H2,1-2H3. The topological polar surface area (TPSA) is 56.0 Å². The predicted octanol–water partition coefficient (Wildman–Crippen LogP) is 2.82. The number of aryl methyl sites for hydroxylation is 3. The fraction of sp³-hybridized carbons (Fsp3) is 0.588. The molecule has 1 amide bonds. The summed E-state index contributed by atoms with van der Waals surface area (Å²) in [5.41, 5.74) is 0.759. The molecule has 0 radical (unpaired) electrons. The first kappa shape index (κ1) is 17.0. The lowest BCUT2D eigenvalue weighted by atomic mass is 9.99. The van der Waals surface area contributed by atoms with Gasteiger partial charge in [-0.05, 0) is 39.5 Å². The zero-order valence-corrected chi connectivity index (χ0v) is 15.0. The van der Waals surface area contributed by atoms with Gasteiger partial charge < -0.3 is 9.47 Å². The van der Waals surface area contributed by atoms with Crippen LogP contribution >= 0.6 is 11.6 Å². The number of aromatic nitrogens is 4. The van der Waals surface area contributed by atoms with Gasteiger partial charge in [0, 0.05) is 37.7 Å². The molecule has 0 saturated carbocycles. The second kappa shape index (κ2) is 7.38. The molecule has 2 aromatic heterocycles. The molecular formula is C17H24ClN5O. The largest absolute Gasteiger partial charge is 0.338 e. The third kappa shape index (κ3) is 3.80. The average Bonchev–Trinajstić information content (AvgIpc) is 3.11. The average molecular weight is 350 g/mol. The van der Waals surface area contributed by atoms with E-state index < -0.39 is 0 Å². The Labute approximate surface area is 147 Å². The number of piperidine rings is 1. The fourth-order valence-electron chi connectivity index (χ4n) is 3.36. The molecule has 0 aliphatic carbocycles. The molecule has 1 aliphatic heterocycles. The molecular weight excluding hydrogens is 326 g/mol. The van der Waals surface area contributed by atoms with Crippen molar-refractivity contribution >= 4 is 17.5 Å². The van der Waals surface area contributed by atoms with Crippen molar-refractivity contribution < 1.29 is 4.79 Å². The monoisotopic (exact) mass is 349 g/mol. The van der Waals surface area contributed by atoms with Crippen LogP contribution in [-0.2, 0) is 17.9 Å². The van der Waals surface area contributed by atoms with Gasteiger partial charge in [0.05, 0.1) is 10.7 Å². The number of rotatable bonds is 5. The quantitative estimate of drug-likeness (QED) is 0.834. The summed E-state index contributed by atoms with van der Waals surface area (Å²) in [4.78, 5) is 19.0. The highest BCUT2D eigenvalue weighted by Gasteiger charge is 2.26. The number of hydrogen-bond acceptors (Lipinski definition) is 3. The van der Waals surface area contributed by atoms with Crippen molar-refractivity contribution in [1.29, 1.82) is 0 Å². The Morgan fingerprint density at radius 2 is 2.21 bits per heavy atom. The van der Waals surface area contributed by atoms with Crippen LogP contribution in [0.3, 0.4) is 0 Å². The predicted molar refractivity (Wildman–Crippen MR) is 92.9 cm³/mol. The summed E-state index contributed by atoms with van der Waals surface area (Å²) >= 11 is 6.03. The fourth-order valence-corrected chi connectivity index (χ4v) is 3.51. The maximum atomic E-state index is 12.7. The van der Waals surface area contributed by atoms with Crippen LogP contribution in [0.15, 0.2) is 18.6 Å². The lowest BCUT2D eigenvalue weighted by molar-refractivity contribution is -0.136. The number of nitrogens with zero attached hydrogens (tertiary/aromatic N) is 5. The van der Waals surface area contributed by atoms with Crippen molar-refractivity contribution in [2.24, 2.45) is 0 Å². The first-order valence-corrected chi connectivity index (χ1v) is 8.89. The van der Waals surface area contributed by atoms with Gasteiger partial charge in [0.2, 0.25) is 5.91 Å². The van der Waals surface area contributed by atoms with E-state index in [0.29, 0.717) is 11.1 Å². The molecule has 3 heterocycles. The molecule has 0 N–H and O–H groups in total. The summed E-state index contributed by atoms with van der Waals surface area (Å²) in [6.45, 7) is 5.84. The van der Waals surface area contributed by atoms with Crippen LogP contribution in [0.5, 0.6) is 0 Å². The van der Waals surface area contributed by atoms with Gasteiger partial charge in [-0.3, -0.25) is 9.48 Å². The number of amides is 1. The zero-order chi connectivity index (χ0) is 17.1. The van der Waals surface area contributed by atoms with Crippen LogP contribution in [0.1, 0.15) is 37.2 Å².